The average molecular weight is 622 g/mol. The van der Waals surface area contributed by atoms with Gasteiger partial charge in [-0.1, -0.05) is 84.9 Å². The number of fused-ring (bicyclic) bond motifs is 1. The SMILES string of the molecule is CNCc1cccc(C(=O)N(C)[C@H](Cc2ccc3ccccc3c2)C(=O)N(C)[C@H](Cc2ccccc2)C(=O)N(C)CCN(C)C)c1. The lowest BCUT2D eigenvalue weighted by atomic mass is 9.97. The summed E-state index contributed by atoms with van der Waals surface area (Å²) in [7, 11) is 10.9. The van der Waals surface area contributed by atoms with Crippen LogP contribution in [0.3, 0.4) is 0 Å². The Balaban J connectivity index is 1.70. The van der Waals surface area contributed by atoms with E-state index in [9.17, 15) is 14.4 Å². The molecule has 0 bridgehead atoms. The normalized spacial score (nSPS) is 12.5. The molecule has 0 fully saturated rings. The number of carbonyl (C=O) groups is 3. The zero-order chi connectivity index (χ0) is 33.2. The van der Waals surface area contributed by atoms with Gasteiger partial charge >= 0.3 is 0 Å². The van der Waals surface area contributed by atoms with Crippen LogP contribution in [-0.4, -0.2) is 105 Å². The summed E-state index contributed by atoms with van der Waals surface area (Å²) in [5.74, 6) is -0.676. The van der Waals surface area contributed by atoms with Crippen LogP contribution in [0.25, 0.3) is 10.8 Å². The highest BCUT2D eigenvalue weighted by atomic mass is 16.2. The van der Waals surface area contributed by atoms with Gasteiger partial charge in [-0.2, -0.15) is 0 Å². The summed E-state index contributed by atoms with van der Waals surface area (Å²) in [6.07, 6.45) is 0.663. The fourth-order valence-electron chi connectivity index (χ4n) is 5.67. The number of hydrogen-bond donors (Lipinski definition) is 1. The largest absolute Gasteiger partial charge is 0.343 e. The Kier molecular flexibility index (Phi) is 12.1. The van der Waals surface area contributed by atoms with E-state index in [4.69, 9.17) is 0 Å². The molecule has 0 radical (unpaired) electrons. The van der Waals surface area contributed by atoms with E-state index in [1.54, 1.807) is 37.0 Å². The van der Waals surface area contributed by atoms with Crippen LogP contribution in [0, 0.1) is 0 Å². The first-order valence-corrected chi connectivity index (χ1v) is 15.8. The molecular weight excluding hydrogens is 574 g/mol. The maximum Gasteiger partial charge on any atom is 0.254 e. The number of nitrogens with one attached hydrogen (secondary N) is 1. The molecule has 3 amide bonds. The summed E-state index contributed by atoms with van der Waals surface area (Å²) in [5, 5.41) is 5.29. The highest BCUT2D eigenvalue weighted by Crippen LogP contribution is 2.21. The molecular formula is C38H47N5O3. The van der Waals surface area contributed by atoms with Crippen molar-refractivity contribution in [2.75, 3.05) is 55.4 Å². The minimum absolute atomic E-state index is 0.139. The standard InChI is InChI=1S/C38H47N5O3/c1-39-27-30-15-12-18-33(24-30)36(44)42(5)35(26-29-19-20-31-16-10-11-17-32(31)23-29)38(46)43(6)34(25-28-13-8-7-9-14-28)37(45)41(4)22-21-40(2)3/h7-20,23-24,34-35,39H,21-22,25-27H2,1-6H3/t34-,35-/m1/s1. The molecule has 4 aromatic rings. The van der Waals surface area contributed by atoms with Gasteiger partial charge in [0.25, 0.3) is 5.91 Å². The van der Waals surface area contributed by atoms with Crippen molar-refractivity contribution >= 4 is 28.5 Å². The van der Waals surface area contributed by atoms with Gasteiger partial charge in [0.05, 0.1) is 0 Å². The van der Waals surface area contributed by atoms with Gasteiger partial charge in [0, 0.05) is 59.2 Å². The van der Waals surface area contributed by atoms with E-state index in [1.165, 1.54) is 4.90 Å². The number of carbonyl (C=O) groups excluding carboxylic acids is 3. The molecule has 0 saturated heterocycles. The minimum atomic E-state index is -0.843. The zero-order valence-electron chi connectivity index (χ0n) is 27.9. The smallest absolute Gasteiger partial charge is 0.254 e. The van der Waals surface area contributed by atoms with E-state index in [2.05, 4.69) is 17.4 Å². The van der Waals surface area contributed by atoms with Crippen molar-refractivity contribution in [2.24, 2.45) is 0 Å². The van der Waals surface area contributed by atoms with Crippen molar-refractivity contribution < 1.29 is 14.4 Å². The van der Waals surface area contributed by atoms with Crippen LogP contribution >= 0.6 is 0 Å². The van der Waals surface area contributed by atoms with Crippen LogP contribution in [0.4, 0.5) is 0 Å². The quantitative estimate of drug-likeness (QED) is 0.227. The van der Waals surface area contributed by atoms with Gasteiger partial charge in [0.15, 0.2) is 0 Å². The molecule has 242 valence electrons. The highest BCUT2D eigenvalue weighted by Gasteiger charge is 2.36. The van der Waals surface area contributed by atoms with Crippen molar-refractivity contribution in [3.8, 4) is 0 Å². The number of likely N-dealkylation sites (N-methyl/N-ethyl adjacent to an activating group) is 4. The maximum absolute atomic E-state index is 14.6. The Morgan fingerprint density at radius 1 is 0.609 bits per heavy atom. The Labute approximate surface area is 273 Å². The predicted molar refractivity (Wildman–Crippen MR) is 186 cm³/mol. The highest BCUT2D eigenvalue weighted by molar-refractivity contribution is 5.98. The first kappa shape index (κ1) is 34.3. The average Bonchev–Trinajstić information content (AvgIpc) is 3.07. The molecule has 1 N–H and O–H groups in total. The van der Waals surface area contributed by atoms with E-state index in [0.29, 0.717) is 38.0 Å². The lowest BCUT2D eigenvalue weighted by Gasteiger charge is -2.36. The minimum Gasteiger partial charge on any atom is -0.343 e. The molecule has 4 rings (SSSR count). The van der Waals surface area contributed by atoms with Gasteiger partial charge in [0.2, 0.25) is 11.8 Å². The molecule has 2 atom stereocenters. The van der Waals surface area contributed by atoms with Crippen LogP contribution in [0.15, 0.2) is 97.1 Å². The van der Waals surface area contributed by atoms with Crippen molar-refractivity contribution in [3.63, 3.8) is 0 Å². The summed E-state index contributed by atoms with van der Waals surface area (Å²) in [6.45, 7) is 1.85. The molecule has 0 aliphatic rings. The van der Waals surface area contributed by atoms with Gasteiger partial charge < -0.3 is 24.9 Å². The predicted octanol–water partition coefficient (Wildman–Crippen LogP) is 4.33. The number of hydrogen-bond acceptors (Lipinski definition) is 5. The Morgan fingerprint density at radius 2 is 1.24 bits per heavy atom. The summed E-state index contributed by atoms with van der Waals surface area (Å²) in [6, 6.07) is 29.8. The van der Waals surface area contributed by atoms with Crippen LogP contribution in [-0.2, 0) is 29.0 Å². The number of amides is 3. The van der Waals surface area contributed by atoms with Crippen molar-refractivity contribution in [1.82, 2.24) is 24.9 Å². The summed E-state index contributed by atoms with van der Waals surface area (Å²) < 4.78 is 0. The van der Waals surface area contributed by atoms with Gasteiger partial charge in [-0.25, -0.2) is 0 Å². The van der Waals surface area contributed by atoms with Crippen molar-refractivity contribution in [1.29, 1.82) is 0 Å². The van der Waals surface area contributed by atoms with Crippen LogP contribution in [0.5, 0.6) is 0 Å². The third-order valence-corrected chi connectivity index (χ3v) is 8.50. The third-order valence-electron chi connectivity index (χ3n) is 8.50. The second-order valence-corrected chi connectivity index (χ2v) is 12.3. The molecule has 8 nitrogen and oxygen atoms in total. The topological polar surface area (TPSA) is 76.2 Å². The monoisotopic (exact) mass is 621 g/mol. The summed E-state index contributed by atoms with van der Waals surface area (Å²) in [5.41, 5.74) is 3.38. The van der Waals surface area contributed by atoms with Gasteiger partial charge in [-0.05, 0) is 60.7 Å². The zero-order valence-corrected chi connectivity index (χ0v) is 27.9. The van der Waals surface area contributed by atoms with Crippen molar-refractivity contribution in [2.45, 2.75) is 31.5 Å². The first-order chi connectivity index (χ1) is 22.1. The summed E-state index contributed by atoms with van der Waals surface area (Å²) >= 11 is 0. The second-order valence-electron chi connectivity index (χ2n) is 12.3. The fourth-order valence-corrected chi connectivity index (χ4v) is 5.67. The van der Waals surface area contributed by atoms with Crippen LogP contribution in [0.2, 0.25) is 0 Å². The van der Waals surface area contributed by atoms with E-state index in [0.717, 1.165) is 27.5 Å². The van der Waals surface area contributed by atoms with Crippen molar-refractivity contribution in [3.05, 3.63) is 119 Å². The maximum atomic E-state index is 14.6. The van der Waals surface area contributed by atoms with E-state index in [-0.39, 0.29) is 17.7 Å². The van der Waals surface area contributed by atoms with E-state index in [1.807, 2.05) is 105 Å². The Morgan fingerprint density at radius 3 is 1.93 bits per heavy atom. The molecule has 0 spiro atoms. The third kappa shape index (κ3) is 8.80. The fraction of sp³-hybridized carbons (Fsp3) is 0.342. The Bertz CT molecular complexity index is 1620. The molecule has 0 saturated carbocycles. The summed E-state index contributed by atoms with van der Waals surface area (Å²) in [4.78, 5) is 49.4. The molecule has 8 heteroatoms. The molecule has 0 heterocycles. The molecule has 4 aromatic carbocycles. The Hall–Kier alpha value is -4.53. The van der Waals surface area contributed by atoms with E-state index < -0.39 is 12.1 Å². The van der Waals surface area contributed by atoms with Gasteiger partial charge in [0.1, 0.15) is 12.1 Å². The molecule has 46 heavy (non-hydrogen) atoms. The lowest BCUT2D eigenvalue weighted by molar-refractivity contribution is -0.146. The second kappa shape index (κ2) is 16.2. The number of benzene rings is 4. The van der Waals surface area contributed by atoms with Gasteiger partial charge in [-0.3, -0.25) is 14.4 Å². The molecule has 0 aromatic heterocycles. The molecule has 0 aliphatic heterocycles. The number of rotatable bonds is 14. The van der Waals surface area contributed by atoms with E-state index >= 15 is 0 Å². The number of nitrogens with zero attached hydrogens (tertiary/aromatic N) is 4. The van der Waals surface area contributed by atoms with Crippen LogP contribution in [0.1, 0.15) is 27.0 Å². The van der Waals surface area contributed by atoms with Gasteiger partial charge in [-0.15, -0.1) is 0 Å². The first-order valence-electron chi connectivity index (χ1n) is 15.8. The molecule has 0 aliphatic carbocycles. The molecule has 0 unspecified atom stereocenters. The van der Waals surface area contributed by atoms with Crippen LogP contribution < -0.4 is 5.32 Å². The lowest BCUT2D eigenvalue weighted by Crippen LogP contribution is -2.56.